The zero-order valence-electron chi connectivity index (χ0n) is 12.5. The minimum absolute atomic E-state index is 0.107. The molecular formula is C13H21NO7. The second-order valence-corrected chi connectivity index (χ2v) is 5.74. The van der Waals surface area contributed by atoms with Gasteiger partial charge in [0.1, 0.15) is 6.54 Å². The lowest BCUT2D eigenvalue weighted by Gasteiger charge is -2.29. The van der Waals surface area contributed by atoms with Crippen LogP contribution >= 0.6 is 0 Å². The van der Waals surface area contributed by atoms with Gasteiger partial charge in [0.15, 0.2) is 12.2 Å². The van der Waals surface area contributed by atoms with E-state index in [-0.39, 0.29) is 12.1 Å². The van der Waals surface area contributed by atoms with Crippen LogP contribution in [0.5, 0.6) is 0 Å². The number of ether oxygens (including phenoxy) is 1. The van der Waals surface area contributed by atoms with Crippen LogP contribution in [0.4, 0.5) is 0 Å². The van der Waals surface area contributed by atoms with Crippen molar-refractivity contribution in [1.29, 1.82) is 0 Å². The van der Waals surface area contributed by atoms with E-state index in [1.54, 1.807) is 21.1 Å². The maximum Gasteiger partial charge on any atom is 0.339 e. The second kappa shape index (κ2) is 7.75. The number of rotatable bonds is 8. The molecule has 0 aromatic rings. The summed E-state index contributed by atoms with van der Waals surface area (Å²) in [4.78, 5) is 32.8. The van der Waals surface area contributed by atoms with Gasteiger partial charge in [-0.3, -0.25) is 0 Å². The number of carbonyl (C=O) groups is 3. The van der Waals surface area contributed by atoms with Gasteiger partial charge in [0.05, 0.1) is 21.1 Å². The topological polar surface area (TPSA) is 124 Å². The molecule has 0 bridgehead atoms. The number of aliphatic hydroxyl groups is 1. The van der Waals surface area contributed by atoms with Gasteiger partial charge in [-0.1, -0.05) is 0 Å². The minimum Gasteiger partial charge on any atom is -0.550 e. The molecule has 120 valence electrons. The number of quaternary nitrogens is 1. The zero-order chi connectivity index (χ0) is 16.8. The molecule has 2 unspecified atom stereocenters. The van der Waals surface area contributed by atoms with E-state index in [0.717, 1.165) is 0 Å². The van der Waals surface area contributed by atoms with E-state index in [4.69, 9.17) is 9.84 Å². The molecule has 21 heavy (non-hydrogen) atoms. The lowest BCUT2D eigenvalue weighted by molar-refractivity contribution is -0.873. The van der Waals surface area contributed by atoms with Gasteiger partial charge in [-0.05, 0) is 12.5 Å². The van der Waals surface area contributed by atoms with Gasteiger partial charge >= 0.3 is 11.9 Å². The number of carboxylic acid groups (broad SMARTS) is 2. The molecule has 2 atom stereocenters. The number of likely N-dealkylation sites (N-methyl/N-ethyl adjacent to an activating group) is 1. The first-order chi connectivity index (χ1) is 9.42. The summed E-state index contributed by atoms with van der Waals surface area (Å²) in [5, 5.41) is 28.8. The van der Waals surface area contributed by atoms with E-state index in [1.165, 1.54) is 6.92 Å². The van der Waals surface area contributed by atoms with Gasteiger partial charge in [0.2, 0.25) is 0 Å². The molecule has 0 aromatic heterocycles. The highest BCUT2D eigenvalue weighted by atomic mass is 16.6. The summed E-state index contributed by atoms with van der Waals surface area (Å²) in [5.41, 5.74) is -0.107. The predicted molar refractivity (Wildman–Crippen MR) is 69.8 cm³/mol. The summed E-state index contributed by atoms with van der Waals surface area (Å²) in [5.74, 6) is -3.78. The molecule has 0 saturated carbocycles. The first-order valence-electron chi connectivity index (χ1n) is 6.22. The summed E-state index contributed by atoms with van der Waals surface area (Å²) in [7, 11) is 5.34. The first-order valence-corrected chi connectivity index (χ1v) is 6.22. The first kappa shape index (κ1) is 19.1. The standard InChI is InChI=1S/C13H21NO7/c1-8(5-10(15)16)12(19)13(20)21-9(6-11(17)18)7-14(2,3)4/h5,9,12,19H,6-7H2,1-4H3,(H-,15,16,17,18)/b8-5+. The Kier molecular flexibility index (Phi) is 7.04. The zero-order valence-corrected chi connectivity index (χ0v) is 12.5. The van der Waals surface area contributed by atoms with Crippen molar-refractivity contribution in [3.63, 3.8) is 0 Å². The molecule has 0 aliphatic rings. The third kappa shape index (κ3) is 8.77. The summed E-state index contributed by atoms with van der Waals surface area (Å²) < 4.78 is 5.28. The van der Waals surface area contributed by atoms with E-state index in [0.29, 0.717) is 10.6 Å². The molecule has 8 nitrogen and oxygen atoms in total. The van der Waals surface area contributed by atoms with Crippen LogP contribution in [-0.2, 0) is 19.1 Å². The van der Waals surface area contributed by atoms with Crippen LogP contribution in [0.2, 0.25) is 0 Å². The van der Waals surface area contributed by atoms with Gasteiger partial charge in [0.25, 0.3) is 0 Å². The molecule has 0 saturated heterocycles. The van der Waals surface area contributed by atoms with Crippen LogP contribution in [0.15, 0.2) is 11.6 Å². The normalized spacial score (nSPS) is 15.2. The summed E-state index contributed by atoms with van der Waals surface area (Å²) in [6.07, 6.45) is -2.55. The van der Waals surface area contributed by atoms with Crippen LogP contribution in [0.1, 0.15) is 13.3 Å². The average molecular weight is 303 g/mol. The predicted octanol–water partition coefficient (Wildman–Crippen LogP) is -1.86. The third-order valence-electron chi connectivity index (χ3n) is 2.43. The Bertz CT molecular complexity index is 436. The maximum atomic E-state index is 11.7. The van der Waals surface area contributed by atoms with Crippen LogP contribution in [-0.4, -0.2) is 72.5 Å². The fraction of sp³-hybridized carbons (Fsp3) is 0.615. The third-order valence-corrected chi connectivity index (χ3v) is 2.43. The molecule has 2 N–H and O–H groups in total. The Balaban J connectivity index is 4.87. The lowest BCUT2D eigenvalue weighted by Crippen LogP contribution is -2.46. The second-order valence-electron chi connectivity index (χ2n) is 5.74. The number of carbonyl (C=O) groups excluding carboxylic acids is 2. The molecule has 0 spiro atoms. The molecular weight excluding hydrogens is 282 g/mol. The number of esters is 1. The molecule has 0 aliphatic carbocycles. The summed E-state index contributed by atoms with van der Waals surface area (Å²) >= 11 is 0. The van der Waals surface area contributed by atoms with Crippen molar-refractivity contribution in [2.75, 3.05) is 27.7 Å². The number of carboxylic acids is 2. The van der Waals surface area contributed by atoms with Crippen molar-refractivity contribution >= 4 is 17.9 Å². The van der Waals surface area contributed by atoms with Gasteiger partial charge in [-0.25, -0.2) is 9.59 Å². The summed E-state index contributed by atoms with van der Waals surface area (Å²) in [6, 6.07) is 0. The maximum absolute atomic E-state index is 11.7. The van der Waals surface area contributed by atoms with Crippen LogP contribution in [0.25, 0.3) is 0 Å². The molecule has 0 aliphatic heterocycles. The van der Waals surface area contributed by atoms with Gasteiger partial charge in [-0.2, -0.15) is 0 Å². The highest BCUT2D eigenvalue weighted by Crippen LogP contribution is 2.09. The Morgan fingerprint density at radius 3 is 2.19 bits per heavy atom. The van der Waals surface area contributed by atoms with E-state index >= 15 is 0 Å². The summed E-state index contributed by atoms with van der Waals surface area (Å²) in [6.45, 7) is 1.46. The number of hydrogen-bond donors (Lipinski definition) is 2. The number of aliphatic hydroxyl groups excluding tert-OH is 1. The Morgan fingerprint density at radius 2 is 1.81 bits per heavy atom. The fourth-order valence-corrected chi connectivity index (χ4v) is 1.63. The Labute approximate surface area is 122 Å². The monoisotopic (exact) mass is 303 g/mol. The van der Waals surface area contributed by atoms with Crippen molar-refractivity contribution in [2.45, 2.75) is 25.6 Å². The van der Waals surface area contributed by atoms with Gasteiger partial charge in [0, 0.05) is 18.5 Å². The van der Waals surface area contributed by atoms with E-state index in [2.05, 4.69) is 0 Å². The fourth-order valence-electron chi connectivity index (χ4n) is 1.63. The molecule has 0 radical (unpaired) electrons. The lowest BCUT2D eigenvalue weighted by atomic mass is 10.1. The molecule has 0 heterocycles. The molecule has 0 amide bonds. The van der Waals surface area contributed by atoms with Crippen molar-refractivity contribution < 1.29 is 38.9 Å². The Hall–Kier alpha value is -1.93. The van der Waals surface area contributed by atoms with Crippen molar-refractivity contribution in [2.24, 2.45) is 0 Å². The molecule has 0 fully saturated rings. The van der Waals surface area contributed by atoms with Crippen LogP contribution < -0.4 is 5.11 Å². The highest BCUT2D eigenvalue weighted by Gasteiger charge is 2.27. The largest absolute Gasteiger partial charge is 0.550 e. The van der Waals surface area contributed by atoms with Crippen molar-refractivity contribution in [3.8, 4) is 0 Å². The smallest absolute Gasteiger partial charge is 0.339 e. The average Bonchev–Trinajstić information content (AvgIpc) is 2.23. The number of hydrogen-bond acceptors (Lipinski definition) is 6. The van der Waals surface area contributed by atoms with Crippen LogP contribution in [0, 0.1) is 0 Å². The van der Waals surface area contributed by atoms with E-state index in [9.17, 15) is 24.6 Å². The SMILES string of the molecule is C/C(=C\C(=O)O)C(O)C(=O)OC(CC(=O)[O-])C[N+](C)(C)C. The Morgan fingerprint density at radius 1 is 1.29 bits per heavy atom. The highest BCUT2D eigenvalue weighted by molar-refractivity contribution is 5.85. The number of nitrogens with zero attached hydrogens (tertiary/aromatic N) is 1. The number of aliphatic carboxylic acids is 2. The molecule has 0 rings (SSSR count). The van der Waals surface area contributed by atoms with E-state index in [1.807, 2.05) is 0 Å². The van der Waals surface area contributed by atoms with Crippen LogP contribution in [0.3, 0.4) is 0 Å². The quantitative estimate of drug-likeness (QED) is 0.306. The van der Waals surface area contributed by atoms with Gasteiger partial charge in [-0.15, -0.1) is 0 Å². The molecule has 0 aromatic carbocycles. The van der Waals surface area contributed by atoms with E-state index < -0.39 is 36.5 Å². The van der Waals surface area contributed by atoms with Gasteiger partial charge < -0.3 is 29.3 Å². The molecule has 8 heteroatoms. The minimum atomic E-state index is -1.75. The van der Waals surface area contributed by atoms with Crippen molar-refractivity contribution in [1.82, 2.24) is 0 Å². The van der Waals surface area contributed by atoms with Crippen molar-refractivity contribution in [3.05, 3.63) is 11.6 Å².